The molecule has 0 bridgehead atoms. The summed E-state index contributed by atoms with van der Waals surface area (Å²) >= 11 is 0. The van der Waals surface area contributed by atoms with E-state index in [1.165, 1.54) is 4.68 Å². The van der Waals surface area contributed by atoms with Crippen molar-refractivity contribution >= 4 is 21.5 Å². The molecule has 0 atom stereocenters. The minimum Gasteiger partial charge on any atom is -0.382 e. The van der Waals surface area contributed by atoms with Crippen molar-refractivity contribution in [2.75, 3.05) is 17.3 Å². The summed E-state index contributed by atoms with van der Waals surface area (Å²) in [6.07, 6.45) is 6.38. The summed E-state index contributed by atoms with van der Waals surface area (Å²) in [7, 11) is -3.46. The molecule has 0 amide bonds. The quantitative estimate of drug-likeness (QED) is 0.865. The van der Waals surface area contributed by atoms with Gasteiger partial charge >= 0.3 is 0 Å². The molecule has 7 nitrogen and oxygen atoms in total. The molecule has 3 rings (SSSR count). The number of nitrogens with zero attached hydrogens (tertiary/aromatic N) is 3. The molecule has 1 aliphatic rings. The molecule has 0 aliphatic heterocycles. The van der Waals surface area contributed by atoms with Gasteiger partial charge in [0.25, 0.3) is 0 Å². The third-order valence-corrected chi connectivity index (χ3v) is 4.22. The van der Waals surface area contributed by atoms with Gasteiger partial charge in [-0.3, -0.25) is 4.98 Å². The van der Waals surface area contributed by atoms with Gasteiger partial charge in [0, 0.05) is 24.7 Å². The highest BCUT2D eigenvalue weighted by molar-refractivity contribution is 7.91. The van der Waals surface area contributed by atoms with Crippen LogP contribution >= 0.6 is 0 Å². The number of rotatable bonds is 4. The molecule has 0 spiro atoms. The first-order valence-corrected chi connectivity index (χ1v) is 8.11. The van der Waals surface area contributed by atoms with Crippen LogP contribution in [-0.2, 0) is 9.84 Å². The van der Waals surface area contributed by atoms with Crippen molar-refractivity contribution in [3.8, 4) is 5.69 Å². The maximum absolute atomic E-state index is 11.9. The maximum atomic E-state index is 11.9. The highest BCUT2D eigenvalue weighted by Crippen LogP contribution is 2.33. The van der Waals surface area contributed by atoms with Crippen LogP contribution in [0.1, 0.15) is 12.8 Å². The van der Waals surface area contributed by atoms with Gasteiger partial charge in [0.1, 0.15) is 5.82 Å². The lowest BCUT2D eigenvalue weighted by Gasteiger charge is -2.03. The molecular formula is C12H15N5O2S. The first-order valence-electron chi connectivity index (χ1n) is 6.22. The number of aromatic nitrogens is 3. The molecule has 106 valence electrons. The van der Waals surface area contributed by atoms with Crippen molar-refractivity contribution in [2.45, 2.75) is 23.8 Å². The summed E-state index contributed by atoms with van der Waals surface area (Å²) in [5, 5.41) is 7.42. The number of hydrogen-bond donors (Lipinski definition) is 2. The molecule has 20 heavy (non-hydrogen) atoms. The standard InChI is InChI=1S/C12H15N5O2S/c1-20(18,19)10-11(13)17(9-4-6-14-7-5-9)16-12(10)15-8-2-3-8/h4-8H,2-3,13H2,1H3,(H,15,16). The van der Waals surface area contributed by atoms with Crippen LogP contribution in [0.15, 0.2) is 29.4 Å². The summed E-state index contributed by atoms with van der Waals surface area (Å²) in [6.45, 7) is 0. The van der Waals surface area contributed by atoms with Crippen LogP contribution in [0.25, 0.3) is 5.69 Å². The number of anilines is 2. The summed E-state index contributed by atoms with van der Waals surface area (Å²) in [4.78, 5) is 3.98. The highest BCUT2D eigenvalue weighted by atomic mass is 32.2. The Balaban J connectivity index is 2.15. The maximum Gasteiger partial charge on any atom is 0.182 e. The second-order valence-electron chi connectivity index (χ2n) is 4.87. The molecule has 0 saturated heterocycles. The minimum absolute atomic E-state index is 0.0567. The van der Waals surface area contributed by atoms with Crippen LogP contribution in [0.5, 0.6) is 0 Å². The van der Waals surface area contributed by atoms with Crippen LogP contribution in [0.2, 0.25) is 0 Å². The van der Waals surface area contributed by atoms with E-state index < -0.39 is 9.84 Å². The zero-order chi connectivity index (χ0) is 14.3. The van der Waals surface area contributed by atoms with E-state index in [9.17, 15) is 8.42 Å². The molecule has 2 aromatic rings. The number of nitrogens with two attached hydrogens (primary N) is 1. The monoisotopic (exact) mass is 293 g/mol. The van der Waals surface area contributed by atoms with Gasteiger partial charge in [-0.25, -0.2) is 13.1 Å². The van der Waals surface area contributed by atoms with Crippen molar-refractivity contribution in [2.24, 2.45) is 0 Å². The Morgan fingerprint density at radius 3 is 2.55 bits per heavy atom. The van der Waals surface area contributed by atoms with Gasteiger partial charge in [0.05, 0.1) is 5.69 Å². The molecule has 1 saturated carbocycles. The van der Waals surface area contributed by atoms with E-state index >= 15 is 0 Å². The van der Waals surface area contributed by atoms with Crippen LogP contribution in [0, 0.1) is 0 Å². The molecular weight excluding hydrogens is 278 g/mol. The molecule has 0 radical (unpaired) electrons. The Bertz CT molecular complexity index is 735. The van der Waals surface area contributed by atoms with Crippen LogP contribution in [-0.4, -0.2) is 35.5 Å². The number of hydrogen-bond acceptors (Lipinski definition) is 6. The van der Waals surface area contributed by atoms with Gasteiger partial charge in [0.2, 0.25) is 0 Å². The van der Waals surface area contributed by atoms with E-state index in [1.54, 1.807) is 24.5 Å². The third kappa shape index (κ3) is 2.34. The summed E-state index contributed by atoms with van der Waals surface area (Å²) < 4.78 is 25.3. The first-order chi connectivity index (χ1) is 9.47. The highest BCUT2D eigenvalue weighted by Gasteiger charge is 2.29. The van der Waals surface area contributed by atoms with Crippen molar-refractivity contribution < 1.29 is 8.42 Å². The summed E-state index contributed by atoms with van der Waals surface area (Å²) in [5.41, 5.74) is 6.65. The van der Waals surface area contributed by atoms with Crippen molar-refractivity contribution in [1.82, 2.24) is 14.8 Å². The van der Waals surface area contributed by atoms with Crippen molar-refractivity contribution in [1.29, 1.82) is 0 Å². The van der Waals surface area contributed by atoms with Gasteiger partial charge in [0.15, 0.2) is 20.6 Å². The Kier molecular flexibility index (Phi) is 2.89. The zero-order valence-electron chi connectivity index (χ0n) is 10.9. The fourth-order valence-corrected chi connectivity index (χ4v) is 2.90. The second-order valence-corrected chi connectivity index (χ2v) is 6.82. The Morgan fingerprint density at radius 2 is 2.00 bits per heavy atom. The lowest BCUT2D eigenvalue weighted by Crippen LogP contribution is -2.07. The predicted octanol–water partition coefficient (Wildman–Crippen LogP) is 0.827. The van der Waals surface area contributed by atoms with Crippen LogP contribution < -0.4 is 11.1 Å². The largest absolute Gasteiger partial charge is 0.382 e. The molecule has 1 aliphatic carbocycles. The second kappa shape index (κ2) is 4.48. The smallest absolute Gasteiger partial charge is 0.182 e. The average molecular weight is 293 g/mol. The van der Waals surface area contributed by atoms with Crippen molar-refractivity contribution in [3.63, 3.8) is 0 Å². The Morgan fingerprint density at radius 1 is 1.35 bits per heavy atom. The summed E-state index contributed by atoms with van der Waals surface area (Å²) in [5.74, 6) is 0.436. The van der Waals surface area contributed by atoms with E-state index in [2.05, 4.69) is 15.4 Å². The first kappa shape index (κ1) is 12.9. The molecule has 2 heterocycles. The SMILES string of the molecule is CS(=O)(=O)c1c(NC2CC2)nn(-c2ccncc2)c1N. The van der Waals surface area contributed by atoms with Gasteiger partial charge in [-0.2, -0.15) is 0 Å². The number of pyridine rings is 1. The topological polar surface area (TPSA) is 103 Å². The van der Waals surface area contributed by atoms with E-state index in [4.69, 9.17) is 5.73 Å². The number of sulfone groups is 1. The lowest BCUT2D eigenvalue weighted by atomic mass is 10.4. The molecule has 8 heteroatoms. The van der Waals surface area contributed by atoms with Crippen LogP contribution in [0.3, 0.4) is 0 Å². The normalized spacial score (nSPS) is 15.2. The van der Waals surface area contributed by atoms with Gasteiger partial charge < -0.3 is 11.1 Å². The number of nitrogen functional groups attached to an aromatic ring is 1. The molecule has 3 N–H and O–H groups in total. The van der Waals surface area contributed by atoms with E-state index in [0.29, 0.717) is 11.5 Å². The zero-order valence-corrected chi connectivity index (χ0v) is 11.8. The van der Waals surface area contributed by atoms with E-state index in [1.807, 2.05) is 0 Å². The fraction of sp³-hybridized carbons (Fsp3) is 0.333. The molecule has 2 aromatic heterocycles. The van der Waals surface area contributed by atoms with Gasteiger partial charge in [-0.15, -0.1) is 5.10 Å². The fourth-order valence-electron chi connectivity index (χ4n) is 1.98. The molecule has 1 fully saturated rings. The van der Waals surface area contributed by atoms with Crippen LogP contribution in [0.4, 0.5) is 11.6 Å². The van der Waals surface area contributed by atoms with Gasteiger partial charge in [-0.1, -0.05) is 0 Å². The predicted molar refractivity (Wildman–Crippen MR) is 75.5 cm³/mol. The third-order valence-electron chi connectivity index (χ3n) is 3.07. The molecule has 0 aromatic carbocycles. The van der Waals surface area contributed by atoms with E-state index in [-0.39, 0.29) is 16.8 Å². The van der Waals surface area contributed by atoms with Crippen molar-refractivity contribution in [3.05, 3.63) is 24.5 Å². The molecule has 0 unspecified atom stereocenters. The summed E-state index contributed by atoms with van der Waals surface area (Å²) in [6, 6.07) is 3.72. The average Bonchev–Trinajstić information content (AvgIpc) is 3.12. The Labute approximate surface area is 116 Å². The Hall–Kier alpha value is -2.09. The minimum atomic E-state index is -3.46. The lowest BCUT2D eigenvalue weighted by molar-refractivity contribution is 0.602. The van der Waals surface area contributed by atoms with E-state index in [0.717, 1.165) is 19.1 Å². The van der Waals surface area contributed by atoms with Gasteiger partial charge in [-0.05, 0) is 25.0 Å². The number of nitrogens with one attached hydrogen (secondary N) is 1.